The third-order valence-electron chi connectivity index (χ3n) is 3.46. The van der Waals surface area contributed by atoms with Gasteiger partial charge in [-0.05, 0) is 18.4 Å². The molecule has 0 unspecified atom stereocenters. The first-order chi connectivity index (χ1) is 8.81. The van der Waals surface area contributed by atoms with Crippen molar-refractivity contribution in [1.29, 1.82) is 0 Å². The molecule has 0 spiro atoms. The van der Waals surface area contributed by atoms with E-state index in [1.54, 1.807) is 0 Å². The Morgan fingerprint density at radius 2 is 2.00 bits per heavy atom. The number of carbonyl (C=O) groups is 1. The maximum atomic E-state index is 11.6. The number of rotatable bonds is 4. The summed E-state index contributed by atoms with van der Waals surface area (Å²) in [6.07, 6.45) is 4.22. The monoisotopic (exact) mass is 265 g/mol. The second-order valence-corrected chi connectivity index (χ2v) is 5.93. The van der Waals surface area contributed by atoms with Crippen molar-refractivity contribution in [3.8, 4) is 0 Å². The van der Waals surface area contributed by atoms with Gasteiger partial charge in [0.1, 0.15) is 0 Å². The zero-order chi connectivity index (χ0) is 12.8. The fraction of sp³-hybridized carbons (Fsp3) is 0.500. The number of benzene rings is 1. The number of hydrogen-bond donors (Lipinski definition) is 2. The molecule has 0 bridgehead atoms. The minimum absolute atomic E-state index is 0.0440. The molecular formula is C14H19NO2S. The van der Waals surface area contributed by atoms with Crippen molar-refractivity contribution in [2.45, 2.75) is 36.7 Å². The van der Waals surface area contributed by atoms with Gasteiger partial charge in [0.15, 0.2) is 0 Å². The Labute approximate surface area is 112 Å². The van der Waals surface area contributed by atoms with Crippen molar-refractivity contribution >= 4 is 17.7 Å². The lowest BCUT2D eigenvalue weighted by Crippen LogP contribution is -2.36. The van der Waals surface area contributed by atoms with E-state index in [4.69, 9.17) is 5.21 Å². The maximum absolute atomic E-state index is 11.6. The van der Waals surface area contributed by atoms with Crippen LogP contribution in [0.1, 0.15) is 31.2 Å². The standard InChI is InChI=1S/C14H19NO2S/c16-14(15-17)12-8-4-5-9-13(12)18-10-11-6-2-1-3-7-11/h1-3,6-7,12-13,17H,4-5,8-10H2,(H,15,16)/t12-,13-/m1/s1. The second kappa shape index (κ2) is 6.81. The SMILES string of the molecule is O=C(NO)[C@@H]1CCCC[C@H]1SCc1ccccc1. The highest BCUT2D eigenvalue weighted by Crippen LogP contribution is 2.35. The molecular weight excluding hydrogens is 246 g/mol. The number of nitrogens with one attached hydrogen (secondary N) is 1. The van der Waals surface area contributed by atoms with E-state index in [0.717, 1.165) is 25.0 Å². The lowest BCUT2D eigenvalue weighted by atomic mass is 9.88. The summed E-state index contributed by atoms with van der Waals surface area (Å²) in [6, 6.07) is 10.3. The summed E-state index contributed by atoms with van der Waals surface area (Å²) in [5.74, 6) is 0.665. The van der Waals surface area contributed by atoms with E-state index >= 15 is 0 Å². The minimum atomic E-state index is -0.222. The fourth-order valence-electron chi connectivity index (χ4n) is 2.46. The van der Waals surface area contributed by atoms with Crippen molar-refractivity contribution in [2.75, 3.05) is 0 Å². The summed E-state index contributed by atoms with van der Waals surface area (Å²) < 4.78 is 0. The molecule has 18 heavy (non-hydrogen) atoms. The van der Waals surface area contributed by atoms with Crippen LogP contribution < -0.4 is 5.48 Å². The van der Waals surface area contributed by atoms with Crippen LogP contribution in [0.25, 0.3) is 0 Å². The molecule has 2 rings (SSSR count). The minimum Gasteiger partial charge on any atom is -0.289 e. The Bertz CT molecular complexity index is 383. The molecule has 1 amide bonds. The zero-order valence-electron chi connectivity index (χ0n) is 10.3. The van der Waals surface area contributed by atoms with E-state index in [1.165, 1.54) is 12.0 Å². The smallest absolute Gasteiger partial charge is 0.247 e. The molecule has 1 aliphatic rings. The molecule has 3 nitrogen and oxygen atoms in total. The van der Waals surface area contributed by atoms with Crippen molar-refractivity contribution in [3.63, 3.8) is 0 Å². The topological polar surface area (TPSA) is 49.3 Å². The van der Waals surface area contributed by atoms with Gasteiger partial charge < -0.3 is 0 Å². The second-order valence-electron chi connectivity index (χ2n) is 4.70. The Hall–Kier alpha value is -1.00. The van der Waals surface area contributed by atoms with Crippen molar-refractivity contribution in [1.82, 2.24) is 5.48 Å². The molecule has 1 aromatic rings. The van der Waals surface area contributed by atoms with Crippen LogP contribution in [-0.4, -0.2) is 16.4 Å². The molecule has 0 radical (unpaired) electrons. The molecule has 0 aliphatic heterocycles. The Kier molecular flexibility index (Phi) is 5.08. The van der Waals surface area contributed by atoms with Gasteiger partial charge in [-0.15, -0.1) is 0 Å². The first kappa shape index (κ1) is 13.4. The third kappa shape index (κ3) is 3.50. The molecule has 1 aliphatic carbocycles. The Morgan fingerprint density at radius 3 is 2.72 bits per heavy atom. The predicted molar refractivity (Wildman–Crippen MR) is 73.4 cm³/mol. The zero-order valence-corrected chi connectivity index (χ0v) is 11.2. The molecule has 1 saturated carbocycles. The van der Waals surface area contributed by atoms with Gasteiger partial charge in [0.25, 0.3) is 0 Å². The van der Waals surface area contributed by atoms with Gasteiger partial charge in [-0.2, -0.15) is 11.8 Å². The van der Waals surface area contributed by atoms with Gasteiger partial charge in [0.05, 0.1) is 5.92 Å². The summed E-state index contributed by atoms with van der Waals surface area (Å²) in [6.45, 7) is 0. The van der Waals surface area contributed by atoms with Crippen LogP contribution in [0, 0.1) is 5.92 Å². The van der Waals surface area contributed by atoms with Gasteiger partial charge in [0.2, 0.25) is 5.91 Å². The van der Waals surface area contributed by atoms with Crippen LogP contribution in [0.5, 0.6) is 0 Å². The van der Waals surface area contributed by atoms with Crippen LogP contribution in [0.15, 0.2) is 30.3 Å². The van der Waals surface area contributed by atoms with E-state index in [9.17, 15) is 4.79 Å². The van der Waals surface area contributed by atoms with Crippen LogP contribution in [0.2, 0.25) is 0 Å². The van der Waals surface area contributed by atoms with Crippen molar-refractivity contribution in [3.05, 3.63) is 35.9 Å². The van der Waals surface area contributed by atoms with Gasteiger partial charge in [-0.25, -0.2) is 5.48 Å². The molecule has 2 atom stereocenters. The maximum Gasteiger partial charge on any atom is 0.247 e. The quantitative estimate of drug-likeness (QED) is 0.650. The number of amides is 1. The van der Waals surface area contributed by atoms with E-state index < -0.39 is 0 Å². The van der Waals surface area contributed by atoms with Crippen molar-refractivity contribution < 1.29 is 10.0 Å². The van der Waals surface area contributed by atoms with E-state index in [1.807, 2.05) is 35.4 Å². The largest absolute Gasteiger partial charge is 0.289 e. The summed E-state index contributed by atoms with van der Waals surface area (Å²) in [5, 5.41) is 9.11. The first-order valence-electron chi connectivity index (χ1n) is 6.40. The summed E-state index contributed by atoms with van der Waals surface area (Å²) >= 11 is 1.83. The third-order valence-corrected chi connectivity index (χ3v) is 4.95. The normalized spacial score (nSPS) is 23.6. The van der Waals surface area contributed by atoms with E-state index in [-0.39, 0.29) is 11.8 Å². The number of hydroxylamine groups is 1. The summed E-state index contributed by atoms with van der Waals surface area (Å²) in [4.78, 5) is 11.6. The van der Waals surface area contributed by atoms with Gasteiger partial charge in [-0.1, -0.05) is 43.2 Å². The average molecular weight is 265 g/mol. The van der Waals surface area contributed by atoms with Crippen LogP contribution in [0.4, 0.5) is 0 Å². The number of thioether (sulfide) groups is 1. The summed E-state index contributed by atoms with van der Waals surface area (Å²) in [7, 11) is 0. The Balaban J connectivity index is 1.91. The van der Waals surface area contributed by atoms with Crippen molar-refractivity contribution in [2.24, 2.45) is 5.92 Å². The first-order valence-corrected chi connectivity index (χ1v) is 7.45. The highest BCUT2D eigenvalue weighted by molar-refractivity contribution is 7.99. The van der Waals surface area contributed by atoms with Crippen LogP contribution in [-0.2, 0) is 10.5 Å². The highest BCUT2D eigenvalue weighted by Gasteiger charge is 2.30. The molecule has 98 valence electrons. The molecule has 0 saturated heterocycles. The average Bonchev–Trinajstić information content (AvgIpc) is 2.45. The molecule has 4 heteroatoms. The van der Waals surface area contributed by atoms with E-state index in [0.29, 0.717) is 5.25 Å². The molecule has 0 aromatic heterocycles. The number of carbonyl (C=O) groups excluding carboxylic acids is 1. The van der Waals surface area contributed by atoms with Crippen LogP contribution in [0.3, 0.4) is 0 Å². The molecule has 0 heterocycles. The number of hydrogen-bond acceptors (Lipinski definition) is 3. The van der Waals surface area contributed by atoms with E-state index in [2.05, 4.69) is 12.1 Å². The molecule has 2 N–H and O–H groups in total. The van der Waals surface area contributed by atoms with Crippen LogP contribution >= 0.6 is 11.8 Å². The lowest BCUT2D eigenvalue weighted by molar-refractivity contribution is -0.134. The predicted octanol–water partition coefficient (Wildman–Crippen LogP) is 2.98. The summed E-state index contributed by atoms with van der Waals surface area (Å²) in [5.41, 5.74) is 3.10. The lowest BCUT2D eigenvalue weighted by Gasteiger charge is -2.29. The fourth-order valence-corrected chi connectivity index (χ4v) is 3.88. The Morgan fingerprint density at radius 1 is 1.28 bits per heavy atom. The molecule has 1 aromatic carbocycles. The molecule has 1 fully saturated rings. The van der Waals surface area contributed by atoms with Gasteiger partial charge >= 0.3 is 0 Å². The van der Waals surface area contributed by atoms with Gasteiger partial charge in [-0.3, -0.25) is 10.0 Å². The highest BCUT2D eigenvalue weighted by atomic mass is 32.2. The van der Waals surface area contributed by atoms with Gasteiger partial charge in [0, 0.05) is 11.0 Å².